The first-order valence-corrected chi connectivity index (χ1v) is 9.67. The van der Waals surface area contributed by atoms with E-state index in [1.54, 1.807) is 18.0 Å². The van der Waals surface area contributed by atoms with Crippen molar-refractivity contribution >= 4 is 23.2 Å². The Bertz CT molecular complexity index is 793. The largest absolute Gasteiger partial charge is 0.359 e. The van der Waals surface area contributed by atoms with Gasteiger partial charge in [-0.2, -0.15) is 0 Å². The second-order valence-corrected chi connectivity index (χ2v) is 7.55. The molecule has 0 radical (unpaired) electrons. The van der Waals surface area contributed by atoms with E-state index < -0.39 is 0 Å². The van der Waals surface area contributed by atoms with Crippen LogP contribution in [0.5, 0.6) is 0 Å². The summed E-state index contributed by atoms with van der Waals surface area (Å²) in [5, 5.41) is 0.764. The molecule has 2 aromatic carbocycles. The van der Waals surface area contributed by atoms with Gasteiger partial charge in [-0.3, -0.25) is 4.79 Å². The Balaban J connectivity index is 1.56. The molecule has 0 bridgehead atoms. The van der Waals surface area contributed by atoms with Crippen molar-refractivity contribution in [2.45, 2.75) is 19.5 Å². The van der Waals surface area contributed by atoms with Gasteiger partial charge < -0.3 is 14.7 Å². The number of hydrogen-bond acceptors (Lipinski definition) is 2. The molecule has 6 heteroatoms. The lowest BCUT2D eigenvalue weighted by atomic mass is 10.1. The number of likely N-dealkylation sites (N-methyl/N-ethyl adjacent to an activating group) is 1. The molecule has 144 valence electrons. The number of rotatable bonds is 5. The molecule has 1 heterocycles. The highest BCUT2D eigenvalue weighted by atomic mass is 35.5. The van der Waals surface area contributed by atoms with E-state index in [0.29, 0.717) is 6.54 Å². The number of quaternary nitrogens is 1. The zero-order valence-corrected chi connectivity index (χ0v) is 16.5. The third-order valence-corrected chi connectivity index (χ3v) is 5.59. The SMILES string of the molecule is C[C@@H](C(=O)N(C)Cc1cccc(F)c1)[NH+]1CCN(c2ccccc2Cl)CC1. The number of halogens is 2. The summed E-state index contributed by atoms with van der Waals surface area (Å²) >= 11 is 6.30. The number of hydrogen-bond donors (Lipinski definition) is 1. The van der Waals surface area contributed by atoms with Crippen molar-refractivity contribution in [2.75, 3.05) is 38.1 Å². The Morgan fingerprint density at radius 3 is 2.59 bits per heavy atom. The van der Waals surface area contributed by atoms with Crippen LogP contribution in [0, 0.1) is 5.82 Å². The van der Waals surface area contributed by atoms with Crippen molar-refractivity contribution < 1.29 is 14.1 Å². The minimum absolute atomic E-state index is 0.0838. The molecule has 0 spiro atoms. The molecule has 0 saturated carbocycles. The number of para-hydroxylation sites is 1. The predicted molar refractivity (Wildman–Crippen MR) is 107 cm³/mol. The van der Waals surface area contributed by atoms with Gasteiger partial charge in [-0.15, -0.1) is 0 Å². The number of piperazine rings is 1. The highest BCUT2D eigenvalue weighted by Gasteiger charge is 2.31. The number of carbonyl (C=O) groups is 1. The number of nitrogens with one attached hydrogen (secondary N) is 1. The van der Waals surface area contributed by atoms with Gasteiger partial charge in [0.05, 0.1) is 36.9 Å². The maximum Gasteiger partial charge on any atom is 0.280 e. The van der Waals surface area contributed by atoms with Crippen LogP contribution in [0.2, 0.25) is 5.02 Å². The molecule has 1 fully saturated rings. The van der Waals surface area contributed by atoms with Crippen LogP contribution in [0.4, 0.5) is 10.1 Å². The Kier molecular flexibility index (Phi) is 6.34. The van der Waals surface area contributed by atoms with Crippen LogP contribution in [0.25, 0.3) is 0 Å². The van der Waals surface area contributed by atoms with E-state index in [2.05, 4.69) is 4.90 Å². The topological polar surface area (TPSA) is 28.0 Å². The monoisotopic (exact) mass is 390 g/mol. The highest BCUT2D eigenvalue weighted by molar-refractivity contribution is 6.33. The average molecular weight is 391 g/mol. The van der Waals surface area contributed by atoms with Crippen molar-refractivity contribution in [1.29, 1.82) is 0 Å². The number of carbonyl (C=O) groups excluding carboxylic acids is 1. The number of amides is 1. The molecule has 1 N–H and O–H groups in total. The number of nitrogens with zero attached hydrogens (tertiary/aromatic N) is 2. The van der Waals surface area contributed by atoms with E-state index >= 15 is 0 Å². The summed E-state index contributed by atoms with van der Waals surface area (Å²) in [6, 6.07) is 14.1. The highest BCUT2D eigenvalue weighted by Crippen LogP contribution is 2.24. The van der Waals surface area contributed by atoms with Gasteiger partial charge in [-0.1, -0.05) is 35.9 Å². The minimum atomic E-state index is -0.275. The molecule has 1 saturated heterocycles. The fourth-order valence-electron chi connectivity index (χ4n) is 3.67. The summed E-state index contributed by atoms with van der Waals surface area (Å²) in [5.74, 6) is -0.192. The van der Waals surface area contributed by atoms with Crippen molar-refractivity contribution in [3.63, 3.8) is 0 Å². The zero-order valence-electron chi connectivity index (χ0n) is 15.8. The zero-order chi connectivity index (χ0) is 19.4. The lowest BCUT2D eigenvalue weighted by Crippen LogP contribution is -3.19. The van der Waals surface area contributed by atoms with Gasteiger partial charge in [0, 0.05) is 13.6 Å². The van der Waals surface area contributed by atoms with Gasteiger partial charge in [0.2, 0.25) is 0 Å². The van der Waals surface area contributed by atoms with Crippen LogP contribution in [-0.4, -0.2) is 50.1 Å². The number of benzene rings is 2. The van der Waals surface area contributed by atoms with Gasteiger partial charge >= 0.3 is 0 Å². The van der Waals surface area contributed by atoms with Crippen molar-refractivity contribution in [3.8, 4) is 0 Å². The smallest absolute Gasteiger partial charge is 0.280 e. The quantitative estimate of drug-likeness (QED) is 0.848. The van der Waals surface area contributed by atoms with Gasteiger partial charge in [-0.05, 0) is 36.8 Å². The summed E-state index contributed by atoms with van der Waals surface area (Å²) in [4.78, 5) is 18.1. The van der Waals surface area contributed by atoms with Crippen molar-refractivity contribution in [2.24, 2.45) is 0 Å². The number of anilines is 1. The molecule has 1 amide bonds. The second-order valence-electron chi connectivity index (χ2n) is 7.14. The standard InChI is InChI=1S/C21H25ClFN3O/c1-16(21(27)24(2)15-17-6-5-7-18(23)14-17)25-10-12-26(13-11-25)20-9-4-3-8-19(20)22/h3-9,14,16H,10-13,15H2,1-2H3/p+1/t16-/m0/s1. The van der Waals surface area contributed by atoms with Gasteiger partial charge in [0.1, 0.15) is 5.82 Å². The fourth-order valence-corrected chi connectivity index (χ4v) is 3.92. The first kappa shape index (κ1) is 19.6. The summed E-state index contributed by atoms with van der Waals surface area (Å²) in [7, 11) is 1.78. The minimum Gasteiger partial charge on any atom is -0.359 e. The van der Waals surface area contributed by atoms with Crippen LogP contribution in [0.1, 0.15) is 12.5 Å². The van der Waals surface area contributed by atoms with E-state index in [0.717, 1.165) is 42.5 Å². The molecule has 3 rings (SSSR count). The normalized spacial score (nSPS) is 16.2. The van der Waals surface area contributed by atoms with E-state index in [9.17, 15) is 9.18 Å². The van der Waals surface area contributed by atoms with E-state index in [1.165, 1.54) is 17.0 Å². The molecule has 4 nitrogen and oxygen atoms in total. The Morgan fingerprint density at radius 2 is 1.93 bits per heavy atom. The summed E-state index contributed by atoms with van der Waals surface area (Å²) < 4.78 is 13.4. The molecule has 0 aromatic heterocycles. The molecule has 27 heavy (non-hydrogen) atoms. The van der Waals surface area contributed by atoms with Crippen LogP contribution >= 0.6 is 11.6 Å². The van der Waals surface area contributed by atoms with E-state index in [4.69, 9.17) is 11.6 Å². The maximum absolute atomic E-state index is 13.4. The van der Waals surface area contributed by atoms with Crippen LogP contribution < -0.4 is 9.80 Å². The molecule has 0 aliphatic carbocycles. The molecule has 2 aromatic rings. The molecular formula is C21H26ClFN3O+. The summed E-state index contributed by atoms with van der Waals surface area (Å²) in [6.45, 7) is 5.89. The van der Waals surface area contributed by atoms with E-state index in [1.807, 2.05) is 37.3 Å². The molecule has 1 atom stereocenters. The maximum atomic E-state index is 13.4. The lowest BCUT2D eigenvalue weighted by molar-refractivity contribution is -0.915. The Morgan fingerprint density at radius 1 is 1.22 bits per heavy atom. The van der Waals surface area contributed by atoms with Gasteiger partial charge in [0.15, 0.2) is 6.04 Å². The van der Waals surface area contributed by atoms with Crippen LogP contribution in [0.3, 0.4) is 0 Å². The first-order chi connectivity index (χ1) is 13.0. The molecule has 1 aliphatic heterocycles. The Hall–Kier alpha value is -2.11. The van der Waals surface area contributed by atoms with Crippen LogP contribution in [-0.2, 0) is 11.3 Å². The summed E-state index contributed by atoms with van der Waals surface area (Å²) in [6.07, 6.45) is 0. The summed E-state index contributed by atoms with van der Waals surface area (Å²) in [5.41, 5.74) is 1.86. The van der Waals surface area contributed by atoms with Crippen LogP contribution in [0.15, 0.2) is 48.5 Å². The van der Waals surface area contributed by atoms with Crippen molar-refractivity contribution in [3.05, 3.63) is 64.9 Å². The predicted octanol–water partition coefficient (Wildman–Crippen LogP) is 2.23. The lowest BCUT2D eigenvalue weighted by Gasteiger charge is -2.37. The van der Waals surface area contributed by atoms with Crippen molar-refractivity contribution in [1.82, 2.24) is 4.90 Å². The Labute approximate surface area is 165 Å². The first-order valence-electron chi connectivity index (χ1n) is 9.29. The third kappa shape index (κ3) is 4.79. The van der Waals surface area contributed by atoms with Gasteiger partial charge in [-0.25, -0.2) is 4.39 Å². The van der Waals surface area contributed by atoms with Gasteiger partial charge in [0.25, 0.3) is 5.91 Å². The fraction of sp³-hybridized carbons (Fsp3) is 0.381. The third-order valence-electron chi connectivity index (χ3n) is 5.27. The molecular weight excluding hydrogens is 365 g/mol. The van der Waals surface area contributed by atoms with E-state index in [-0.39, 0.29) is 17.8 Å². The molecule has 0 unspecified atom stereocenters. The molecule has 1 aliphatic rings. The second kappa shape index (κ2) is 8.72. The average Bonchev–Trinajstić information content (AvgIpc) is 2.67.